The van der Waals surface area contributed by atoms with E-state index >= 15 is 0 Å². The van der Waals surface area contributed by atoms with Crippen molar-refractivity contribution < 1.29 is 9.59 Å². The lowest BCUT2D eigenvalue weighted by Crippen LogP contribution is -2.15. The van der Waals surface area contributed by atoms with Gasteiger partial charge in [-0.15, -0.1) is 0 Å². The molecular formula is C16H9BrN2O2. The number of carbonyl (C=O) groups is 2. The highest BCUT2D eigenvalue weighted by molar-refractivity contribution is 9.10. The lowest BCUT2D eigenvalue weighted by Gasteiger charge is -2.03. The normalized spacial score (nSPS) is 10.5. The third-order valence-electron chi connectivity index (χ3n) is 3.01. The zero-order valence-corrected chi connectivity index (χ0v) is 12.4. The average molecular weight is 341 g/mol. The number of fused-ring (bicyclic) bond motifs is 1. The van der Waals surface area contributed by atoms with Crippen molar-refractivity contribution in [2.75, 3.05) is 0 Å². The molecule has 2 heterocycles. The maximum atomic E-state index is 12.3. The van der Waals surface area contributed by atoms with Crippen LogP contribution < -0.4 is 0 Å². The minimum atomic E-state index is -0.613. The molecule has 102 valence electrons. The van der Waals surface area contributed by atoms with Crippen LogP contribution in [-0.4, -0.2) is 21.5 Å². The Kier molecular flexibility index (Phi) is 3.58. The highest BCUT2D eigenvalue weighted by atomic mass is 79.9. The number of ketones is 2. The summed E-state index contributed by atoms with van der Waals surface area (Å²) in [4.78, 5) is 32.5. The largest absolute Gasteiger partial charge is 0.285 e. The summed E-state index contributed by atoms with van der Waals surface area (Å²) in [5.74, 6) is -1.19. The van der Waals surface area contributed by atoms with Gasteiger partial charge in [0.1, 0.15) is 5.69 Å². The first-order valence-corrected chi connectivity index (χ1v) is 7.00. The molecule has 0 saturated heterocycles. The van der Waals surface area contributed by atoms with E-state index in [2.05, 4.69) is 25.9 Å². The van der Waals surface area contributed by atoms with Gasteiger partial charge in [-0.3, -0.25) is 19.6 Å². The molecule has 0 aliphatic carbocycles. The Morgan fingerprint density at radius 1 is 0.952 bits per heavy atom. The highest BCUT2D eigenvalue weighted by Gasteiger charge is 2.19. The number of halogens is 1. The van der Waals surface area contributed by atoms with E-state index in [1.54, 1.807) is 36.5 Å². The second kappa shape index (κ2) is 5.54. The van der Waals surface area contributed by atoms with Crippen LogP contribution in [0.15, 0.2) is 59.3 Å². The van der Waals surface area contributed by atoms with E-state index in [4.69, 9.17) is 0 Å². The minimum absolute atomic E-state index is 0.148. The fraction of sp³-hybridized carbons (Fsp3) is 0. The Balaban J connectivity index is 2.00. The Morgan fingerprint density at radius 2 is 1.81 bits per heavy atom. The quantitative estimate of drug-likeness (QED) is 0.541. The van der Waals surface area contributed by atoms with E-state index < -0.39 is 11.6 Å². The van der Waals surface area contributed by atoms with Crippen molar-refractivity contribution in [3.05, 3.63) is 70.6 Å². The molecule has 0 amide bonds. The molecule has 1 aromatic carbocycles. The Labute approximate surface area is 129 Å². The van der Waals surface area contributed by atoms with Gasteiger partial charge in [-0.25, -0.2) is 0 Å². The van der Waals surface area contributed by atoms with Crippen LogP contribution >= 0.6 is 15.9 Å². The third-order valence-corrected chi connectivity index (χ3v) is 3.45. The maximum absolute atomic E-state index is 12.3. The van der Waals surface area contributed by atoms with Crippen LogP contribution in [0.25, 0.3) is 10.9 Å². The van der Waals surface area contributed by atoms with Gasteiger partial charge in [0, 0.05) is 27.8 Å². The molecule has 0 bridgehead atoms. The second-order valence-electron chi connectivity index (χ2n) is 4.43. The molecule has 5 heteroatoms. The summed E-state index contributed by atoms with van der Waals surface area (Å²) in [5.41, 5.74) is 1.24. The number of hydrogen-bond donors (Lipinski definition) is 0. The summed E-state index contributed by atoms with van der Waals surface area (Å²) in [7, 11) is 0. The van der Waals surface area contributed by atoms with Gasteiger partial charge < -0.3 is 0 Å². The van der Waals surface area contributed by atoms with Gasteiger partial charge in [0.05, 0.1) is 5.52 Å². The van der Waals surface area contributed by atoms with Crippen LogP contribution in [0.2, 0.25) is 0 Å². The molecule has 0 atom stereocenters. The van der Waals surface area contributed by atoms with Crippen LogP contribution in [0, 0.1) is 0 Å². The zero-order chi connectivity index (χ0) is 14.8. The fourth-order valence-electron chi connectivity index (χ4n) is 1.99. The molecular weight excluding hydrogens is 332 g/mol. The lowest BCUT2D eigenvalue weighted by atomic mass is 10.0. The van der Waals surface area contributed by atoms with Crippen molar-refractivity contribution in [1.29, 1.82) is 0 Å². The molecule has 0 radical (unpaired) electrons. The predicted molar refractivity (Wildman–Crippen MR) is 82.3 cm³/mol. The molecule has 3 aromatic rings. The van der Waals surface area contributed by atoms with Crippen molar-refractivity contribution >= 4 is 38.4 Å². The minimum Gasteiger partial charge on any atom is -0.285 e. The molecule has 3 rings (SSSR count). The van der Waals surface area contributed by atoms with Crippen molar-refractivity contribution in [2.45, 2.75) is 0 Å². The number of aromatic nitrogens is 2. The molecule has 0 unspecified atom stereocenters. The lowest BCUT2D eigenvalue weighted by molar-refractivity contribution is 0.0814. The van der Waals surface area contributed by atoms with Crippen LogP contribution in [0.1, 0.15) is 20.8 Å². The first kappa shape index (κ1) is 13.6. The van der Waals surface area contributed by atoms with E-state index in [1.165, 1.54) is 12.3 Å². The van der Waals surface area contributed by atoms with Crippen molar-refractivity contribution in [3.63, 3.8) is 0 Å². The number of carbonyl (C=O) groups excluding carboxylic acids is 2. The molecule has 4 nitrogen and oxygen atoms in total. The number of rotatable bonds is 3. The van der Waals surface area contributed by atoms with Crippen LogP contribution in [0.5, 0.6) is 0 Å². The molecule has 0 aliphatic rings. The molecule has 0 saturated carbocycles. The van der Waals surface area contributed by atoms with E-state index in [0.29, 0.717) is 5.56 Å². The van der Waals surface area contributed by atoms with Gasteiger partial charge >= 0.3 is 0 Å². The van der Waals surface area contributed by atoms with Gasteiger partial charge in [-0.1, -0.05) is 6.07 Å². The van der Waals surface area contributed by atoms with Crippen LogP contribution in [0.4, 0.5) is 0 Å². The summed E-state index contributed by atoms with van der Waals surface area (Å²) in [6.07, 6.45) is 3.17. The van der Waals surface area contributed by atoms with Crippen molar-refractivity contribution in [2.24, 2.45) is 0 Å². The standard InChI is InChI=1S/C16H9BrN2O2/c17-12-8-11-7-10(4-5-13(11)19-9-12)15(20)16(21)14-3-1-2-6-18-14/h1-9H. The summed E-state index contributed by atoms with van der Waals surface area (Å²) < 4.78 is 0.815. The summed E-state index contributed by atoms with van der Waals surface area (Å²) in [6.45, 7) is 0. The molecule has 0 N–H and O–H groups in total. The topological polar surface area (TPSA) is 59.9 Å². The first-order valence-electron chi connectivity index (χ1n) is 6.20. The van der Waals surface area contributed by atoms with Crippen LogP contribution in [0.3, 0.4) is 0 Å². The van der Waals surface area contributed by atoms with Crippen molar-refractivity contribution in [3.8, 4) is 0 Å². The monoisotopic (exact) mass is 340 g/mol. The summed E-state index contributed by atoms with van der Waals surface area (Å²) in [6, 6.07) is 11.7. The Hall–Kier alpha value is -2.40. The maximum Gasteiger partial charge on any atom is 0.251 e. The van der Waals surface area contributed by atoms with Crippen LogP contribution in [-0.2, 0) is 0 Å². The van der Waals surface area contributed by atoms with Crippen molar-refractivity contribution in [1.82, 2.24) is 9.97 Å². The smallest absolute Gasteiger partial charge is 0.251 e. The zero-order valence-electron chi connectivity index (χ0n) is 10.8. The number of nitrogens with zero attached hydrogens (tertiary/aromatic N) is 2. The molecule has 2 aromatic heterocycles. The van der Waals surface area contributed by atoms with Gasteiger partial charge in [0.25, 0.3) is 5.78 Å². The number of hydrogen-bond acceptors (Lipinski definition) is 4. The van der Waals surface area contributed by atoms with Gasteiger partial charge in [0.15, 0.2) is 0 Å². The number of Topliss-reactive ketones (excluding diaryl/α,β-unsaturated/α-hetero) is 2. The number of benzene rings is 1. The summed E-state index contributed by atoms with van der Waals surface area (Å²) >= 11 is 3.34. The van der Waals surface area contributed by atoms with E-state index in [1.807, 2.05) is 6.07 Å². The van der Waals surface area contributed by atoms with Gasteiger partial charge in [0.2, 0.25) is 5.78 Å². The number of pyridine rings is 2. The van der Waals surface area contributed by atoms with Gasteiger partial charge in [-0.05, 0) is 52.3 Å². The van der Waals surface area contributed by atoms with E-state index in [0.717, 1.165) is 15.4 Å². The average Bonchev–Trinajstić information content (AvgIpc) is 2.53. The third kappa shape index (κ3) is 2.73. The Bertz CT molecular complexity index is 847. The van der Waals surface area contributed by atoms with E-state index in [9.17, 15) is 9.59 Å². The fourth-order valence-corrected chi connectivity index (χ4v) is 2.34. The first-order chi connectivity index (χ1) is 10.1. The predicted octanol–water partition coefficient (Wildman–Crippen LogP) is 3.46. The summed E-state index contributed by atoms with van der Waals surface area (Å²) in [5, 5.41) is 0.795. The molecule has 0 fully saturated rings. The molecule has 0 spiro atoms. The molecule has 0 aliphatic heterocycles. The van der Waals surface area contributed by atoms with E-state index in [-0.39, 0.29) is 5.69 Å². The Morgan fingerprint density at radius 3 is 2.57 bits per heavy atom. The highest BCUT2D eigenvalue weighted by Crippen LogP contribution is 2.19. The molecule has 21 heavy (non-hydrogen) atoms. The SMILES string of the molecule is O=C(C(=O)c1ccccn1)c1ccc2ncc(Br)cc2c1. The van der Waals surface area contributed by atoms with Gasteiger partial charge in [-0.2, -0.15) is 0 Å². The second-order valence-corrected chi connectivity index (χ2v) is 5.35.